The van der Waals surface area contributed by atoms with Crippen LogP contribution in [0.15, 0.2) is 18.2 Å². The third-order valence-electron chi connectivity index (χ3n) is 4.04. The van der Waals surface area contributed by atoms with Crippen molar-refractivity contribution in [2.24, 2.45) is 0 Å². The van der Waals surface area contributed by atoms with Crippen LogP contribution in [0.25, 0.3) is 11.0 Å². The van der Waals surface area contributed by atoms with Crippen molar-refractivity contribution in [2.75, 3.05) is 20.2 Å². The standard InChI is InChI=1S/C15H21N3O/c1-10(2)18-7-6-11(9-18)15-16-13-5-4-12(19-3)8-14(13)17-15/h4-5,8,10-11H,6-7,9H2,1-3H3,(H,16,17)/t11-/m0/s1. The summed E-state index contributed by atoms with van der Waals surface area (Å²) in [4.78, 5) is 10.7. The van der Waals surface area contributed by atoms with Crippen LogP contribution in [-0.4, -0.2) is 41.1 Å². The molecule has 0 spiro atoms. The number of aromatic amines is 1. The molecule has 19 heavy (non-hydrogen) atoms. The van der Waals surface area contributed by atoms with Gasteiger partial charge in [0.05, 0.1) is 18.1 Å². The lowest BCUT2D eigenvalue weighted by Gasteiger charge is -2.19. The largest absolute Gasteiger partial charge is 0.497 e. The quantitative estimate of drug-likeness (QED) is 0.921. The highest BCUT2D eigenvalue weighted by molar-refractivity contribution is 5.76. The molecule has 1 aliphatic rings. The minimum atomic E-state index is 0.529. The SMILES string of the molecule is COc1ccc2nc([C@H]3CCN(C(C)C)C3)[nH]c2c1. The Morgan fingerprint density at radius 2 is 2.26 bits per heavy atom. The van der Waals surface area contributed by atoms with Gasteiger partial charge < -0.3 is 14.6 Å². The average molecular weight is 259 g/mol. The third-order valence-corrected chi connectivity index (χ3v) is 4.04. The number of hydrogen-bond donors (Lipinski definition) is 1. The molecule has 1 aromatic heterocycles. The smallest absolute Gasteiger partial charge is 0.121 e. The number of fused-ring (bicyclic) bond motifs is 1. The first kappa shape index (κ1) is 12.5. The number of ether oxygens (including phenoxy) is 1. The summed E-state index contributed by atoms with van der Waals surface area (Å²) in [6.07, 6.45) is 1.19. The van der Waals surface area contributed by atoms with E-state index >= 15 is 0 Å². The van der Waals surface area contributed by atoms with Gasteiger partial charge in [-0.2, -0.15) is 0 Å². The van der Waals surface area contributed by atoms with E-state index in [4.69, 9.17) is 9.72 Å². The van der Waals surface area contributed by atoms with E-state index in [1.807, 2.05) is 18.2 Å². The van der Waals surface area contributed by atoms with E-state index < -0.39 is 0 Å². The zero-order valence-electron chi connectivity index (χ0n) is 11.8. The Labute approximate surface area is 113 Å². The lowest BCUT2D eigenvalue weighted by Crippen LogP contribution is -2.28. The van der Waals surface area contributed by atoms with Gasteiger partial charge in [0.1, 0.15) is 11.6 Å². The zero-order chi connectivity index (χ0) is 13.4. The fourth-order valence-electron chi connectivity index (χ4n) is 2.81. The van der Waals surface area contributed by atoms with Crippen molar-refractivity contribution >= 4 is 11.0 Å². The fourth-order valence-corrected chi connectivity index (χ4v) is 2.81. The van der Waals surface area contributed by atoms with Gasteiger partial charge in [-0.3, -0.25) is 0 Å². The van der Waals surface area contributed by atoms with Gasteiger partial charge >= 0.3 is 0 Å². The molecule has 2 aromatic rings. The molecule has 0 radical (unpaired) electrons. The van der Waals surface area contributed by atoms with Gasteiger partial charge in [-0.1, -0.05) is 0 Å². The first-order chi connectivity index (χ1) is 9.17. The highest BCUT2D eigenvalue weighted by Gasteiger charge is 2.27. The Morgan fingerprint density at radius 3 is 2.95 bits per heavy atom. The lowest BCUT2D eigenvalue weighted by molar-refractivity contribution is 0.272. The van der Waals surface area contributed by atoms with Crippen molar-refractivity contribution < 1.29 is 4.74 Å². The van der Waals surface area contributed by atoms with E-state index in [-0.39, 0.29) is 0 Å². The molecule has 0 unspecified atom stereocenters. The molecule has 1 saturated heterocycles. The van der Waals surface area contributed by atoms with Crippen molar-refractivity contribution in [3.05, 3.63) is 24.0 Å². The molecule has 102 valence electrons. The van der Waals surface area contributed by atoms with Crippen LogP contribution >= 0.6 is 0 Å². The molecule has 1 atom stereocenters. The number of likely N-dealkylation sites (tertiary alicyclic amines) is 1. The maximum Gasteiger partial charge on any atom is 0.121 e. The predicted molar refractivity (Wildman–Crippen MR) is 76.7 cm³/mol. The van der Waals surface area contributed by atoms with Crippen LogP contribution in [0.1, 0.15) is 32.0 Å². The summed E-state index contributed by atoms with van der Waals surface area (Å²) in [5, 5.41) is 0. The molecule has 0 bridgehead atoms. The summed E-state index contributed by atoms with van der Waals surface area (Å²) in [5.74, 6) is 2.52. The molecule has 4 heteroatoms. The summed E-state index contributed by atoms with van der Waals surface area (Å²) < 4.78 is 5.25. The highest BCUT2D eigenvalue weighted by Crippen LogP contribution is 2.28. The number of benzene rings is 1. The van der Waals surface area contributed by atoms with Crippen LogP contribution < -0.4 is 4.74 Å². The molecule has 1 N–H and O–H groups in total. The lowest BCUT2D eigenvalue weighted by atomic mass is 10.1. The van der Waals surface area contributed by atoms with Crippen molar-refractivity contribution in [3.63, 3.8) is 0 Å². The third kappa shape index (κ3) is 2.32. The molecule has 1 fully saturated rings. The van der Waals surface area contributed by atoms with Gasteiger partial charge in [0.2, 0.25) is 0 Å². The van der Waals surface area contributed by atoms with Crippen molar-refractivity contribution in [3.8, 4) is 5.75 Å². The number of H-pyrrole nitrogens is 1. The second-order valence-electron chi connectivity index (χ2n) is 5.58. The Balaban J connectivity index is 1.86. The molecule has 1 aromatic carbocycles. The van der Waals surface area contributed by atoms with Gasteiger partial charge in [0.25, 0.3) is 0 Å². The Morgan fingerprint density at radius 1 is 1.42 bits per heavy atom. The average Bonchev–Trinajstić information content (AvgIpc) is 3.04. The Hall–Kier alpha value is -1.55. The normalized spacial score (nSPS) is 20.5. The molecule has 4 nitrogen and oxygen atoms in total. The van der Waals surface area contributed by atoms with Crippen LogP contribution in [0.2, 0.25) is 0 Å². The number of methoxy groups -OCH3 is 1. The molecule has 0 saturated carbocycles. The second-order valence-corrected chi connectivity index (χ2v) is 5.58. The summed E-state index contributed by atoms with van der Waals surface area (Å²) in [6.45, 7) is 6.79. The van der Waals surface area contributed by atoms with E-state index in [2.05, 4.69) is 23.7 Å². The highest BCUT2D eigenvalue weighted by atomic mass is 16.5. The van der Waals surface area contributed by atoms with Crippen LogP contribution in [0.5, 0.6) is 5.75 Å². The predicted octanol–water partition coefficient (Wildman–Crippen LogP) is 2.77. The Bertz CT molecular complexity index is 576. The summed E-state index contributed by atoms with van der Waals surface area (Å²) in [7, 11) is 1.69. The topological polar surface area (TPSA) is 41.1 Å². The number of nitrogens with one attached hydrogen (secondary N) is 1. The molecule has 0 aliphatic carbocycles. The number of imidazole rings is 1. The number of hydrogen-bond acceptors (Lipinski definition) is 3. The van der Waals surface area contributed by atoms with Gasteiger partial charge in [-0.05, 0) is 38.9 Å². The fraction of sp³-hybridized carbons (Fsp3) is 0.533. The molecular weight excluding hydrogens is 238 g/mol. The van der Waals surface area contributed by atoms with Crippen LogP contribution in [0.3, 0.4) is 0 Å². The molecular formula is C15H21N3O. The Kier molecular flexibility index (Phi) is 3.19. The van der Waals surface area contributed by atoms with E-state index in [9.17, 15) is 0 Å². The van der Waals surface area contributed by atoms with E-state index in [1.165, 1.54) is 13.0 Å². The zero-order valence-corrected chi connectivity index (χ0v) is 11.8. The van der Waals surface area contributed by atoms with Crippen molar-refractivity contribution in [1.82, 2.24) is 14.9 Å². The minimum absolute atomic E-state index is 0.529. The molecule has 3 rings (SSSR count). The maximum atomic E-state index is 5.25. The van der Waals surface area contributed by atoms with Gasteiger partial charge in [0.15, 0.2) is 0 Å². The van der Waals surface area contributed by atoms with E-state index in [0.29, 0.717) is 12.0 Å². The summed E-state index contributed by atoms with van der Waals surface area (Å²) >= 11 is 0. The summed E-state index contributed by atoms with van der Waals surface area (Å²) in [5.41, 5.74) is 2.09. The minimum Gasteiger partial charge on any atom is -0.497 e. The number of aromatic nitrogens is 2. The van der Waals surface area contributed by atoms with Gasteiger partial charge in [-0.15, -0.1) is 0 Å². The van der Waals surface area contributed by atoms with Crippen LogP contribution in [-0.2, 0) is 0 Å². The van der Waals surface area contributed by atoms with E-state index in [0.717, 1.165) is 29.2 Å². The van der Waals surface area contributed by atoms with Crippen LogP contribution in [0, 0.1) is 0 Å². The van der Waals surface area contributed by atoms with Crippen molar-refractivity contribution in [2.45, 2.75) is 32.2 Å². The first-order valence-electron chi connectivity index (χ1n) is 6.95. The molecule has 0 amide bonds. The second kappa shape index (κ2) is 4.85. The number of rotatable bonds is 3. The number of nitrogens with zero attached hydrogens (tertiary/aromatic N) is 2. The summed E-state index contributed by atoms with van der Waals surface area (Å²) in [6, 6.07) is 6.61. The monoisotopic (exact) mass is 259 g/mol. The van der Waals surface area contributed by atoms with Gasteiger partial charge in [-0.25, -0.2) is 4.98 Å². The van der Waals surface area contributed by atoms with E-state index in [1.54, 1.807) is 7.11 Å². The molecule has 1 aliphatic heterocycles. The van der Waals surface area contributed by atoms with Crippen molar-refractivity contribution in [1.29, 1.82) is 0 Å². The van der Waals surface area contributed by atoms with Gasteiger partial charge in [0, 0.05) is 24.6 Å². The molecule has 2 heterocycles. The van der Waals surface area contributed by atoms with Crippen LogP contribution in [0.4, 0.5) is 0 Å². The first-order valence-corrected chi connectivity index (χ1v) is 6.95. The maximum absolute atomic E-state index is 5.25.